The Bertz CT molecular complexity index is 953. The number of nitrogens with one attached hydrogen (secondary N) is 1. The number of aromatic nitrogens is 4. The molecule has 22 heavy (non-hydrogen) atoms. The van der Waals surface area contributed by atoms with Crippen LogP contribution in [0.5, 0.6) is 0 Å². The van der Waals surface area contributed by atoms with Crippen LogP contribution < -0.4 is 4.72 Å². The summed E-state index contributed by atoms with van der Waals surface area (Å²) in [4.78, 5) is 7.93. The average molecular weight is 450 g/mol. The lowest BCUT2D eigenvalue weighted by Crippen LogP contribution is -2.16. The number of para-hydroxylation sites is 1. The Kier molecular flexibility index (Phi) is 3.95. The van der Waals surface area contributed by atoms with Crippen LogP contribution in [0.1, 0.15) is 5.69 Å². The van der Waals surface area contributed by atoms with E-state index in [0.717, 1.165) is 5.69 Å². The van der Waals surface area contributed by atoms with Gasteiger partial charge in [0.05, 0.1) is 10.7 Å². The van der Waals surface area contributed by atoms with Crippen molar-refractivity contribution in [2.24, 2.45) is 0 Å². The van der Waals surface area contributed by atoms with Crippen LogP contribution in [0.15, 0.2) is 35.6 Å². The number of sulfonamides is 1. The van der Waals surface area contributed by atoms with E-state index in [4.69, 9.17) is 11.6 Å². The van der Waals surface area contributed by atoms with Crippen molar-refractivity contribution in [3.05, 3.63) is 44.7 Å². The van der Waals surface area contributed by atoms with E-state index < -0.39 is 10.0 Å². The molecule has 0 saturated carbocycles. The number of hydrogen-bond acceptors (Lipinski definition) is 5. The largest absolute Gasteiger partial charge is 0.299 e. The highest BCUT2D eigenvalue weighted by Gasteiger charge is 2.23. The number of anilines is 1. The monoisotopic (exact) mass is 449 g/mol. The quantitative estimate of drug-likeness (QED) is 0.621. The van der Waals surface area contributed by atoms with Crippen LogP contribution in [0, 0.1) is 10.5 Å². The summed E-state index contributed by atoms with van der Waals surface area (Å²) >= 11 is 8.03. The Balaban J connectivity index is 2.07. The maximum absolute atomic E-state index is 12.4. The summed E-state index contributed by atoms with van der Waals surface area (Å²) in [5.74, 6) is 0.217. The van der Waals surface area contributed by atoms with Crippen molar-refractivity contribution in [1.29, 1.82) is 0 Å². The van der Waals surface area contributed by atoms with Gasteiger partial charge in [-0.05, 0) is 47.7 Å². The molecule has 0 aliphatic carbocycles. The molecule has 0 spiro atoms. The van der Waals surface area contributed by atoms with E-state index in [1.807, 2.05) is 22.6 Å². The summed E-state index contributed by atoms with van der Waals surface area (Å²) in [6, 6.07) is 6.79. The van der Waals surface area contributed by atoms with E-state index >= 15 is 0 Å². The SMILES string of the molecule is Cc1ccnc2nc(S(=O)(=O)Nc3c(Cl)cccc3I)nn12. The van der Waals surface area contributed by atoms with Gasteiger partial charge in [0.25, 0.3) is 21.0 Å². The first-order valence-electron chi connectivity index (χ1n) is 6.04. The second-order valence-electron chi connectivity index (χ2n) is 4.39. The molecule has 10 heteroatoms. The third-order valence-electron chi connectivity index (χ3n) is 2.85. The number of fused-ring (bicyclic) bond motifs is 1. The third kappa shape index (κ3) is 2.75. The molecular formula is C12H9ClIN5O2S. The van der Waals surface area contributed by atoms with Gasteiger partial charge in [0.2, 0.25) is 0 Å². The molecule has 0 unspecified atom stereocenters. The fraction of sp³-hybridized carbons (Fsp3) is 0.0833. The molecule has 0 bridgehead atoms. The molecule has 7 nitrogen and oxygen atoms in total. The zero-order valence-electron chi connectivity index (χ0n) is 11.2. The first kappa shape index (κ1) is 15.4. The van der Waals surface area contributed by atoms with Gasteiger partial charge in [-0.1, -0.05) is 17.7 Å². The molecule has 114 valence electrons. The molecule has 0 radical (unpaired) electrons. The maximum Gasteiger partial charge on any atom is 0.299 e. The van der Waals surface area contributed by atoms with Crippen molar-refractivity contribution in [3.8, 4) is 0 Å². The van der Waals surface area contributed by atoms with Crippen molar-refractivity contribution >= 4 is 55.7 Å². The summed E-state index contributed by atoms with van der Waals surface area (Å²) in [7, 11) is -3.96. The van der Waals surface area contributed by atoms with Gasteiger partial charge in [0.15, 0.2) is 0 Å². The molecule has 0 amide bonds. The number of benzene rings is 1. The van der Waals surface area contributed by atoms with Crippen LogP contribution in [-0.4, -0.2) is 28.0 Å². The van der Waals surface area contributed by atoms with Crippen molar-refractivity contribution in [2.75, 3.05) is 4.72 Å². The highest BCUT2D eigenvalue weighted by Crippen LogP contribution is 2.29. The molecule has 3 rings (SSSR count). The molecule has 0 aliphatic heterocycles. The van der Waals surface area contributed by atoms with Gasteiger partial charge in [0.1, 0.15) is 0 Å². The number of hydrogen-bond donors (Lipinski definition) is 1. The second-order valence-corrected chi connectivity index (χ2v) is 7.54. The van der Waals surface area contributed by atoms with Gasteiger partial charge < -0.3 is 0 Å². The Labute approximate surface area is 144 Å². The minimum Gasteiger partial charge on any atom is -0.274 e. The van der Waals surface area contributed by atoms with Gasteiger partial charge in [-0.3, -0.25) is 4.72 Å². The summed E-state index contributed by atoms with van der Waals surface area (Å²) in [5, 5.41) is 3.93. The fourth-order valence-electron chi connectivity index (χ4n) is 1.78. The molecule has 1 aromatic carbocycles. The summed E-state index contributed by atoms with van der Waals surface area (Å²) < 4.78 is 29.4. The van der Waals surface area contributed by atoms with Gasteiger partial charge >= 0.3 is 0 Å². The summed E-state index contributed by atoms with van der Waals surface area (Å²) in [5.41, 5.74) is 1.03. The predicted octanol–water partition coefficient (Wildman–Crippen LogP) is 2.49. The third-order valence-corrected chi connectivity index (χ3v) is 5.19. The van der Waals surface area contributed by atoms with Gasteiger partial charge in [0, 0.05) is 15.5 Å². The minimum atomic E-state index is -3.96. The molecule has 0 saturated heterocycles. The molecule has 0 atom stereocenters. The van der Waals surface area contributed by atoms with E-state index in [1.54, 1.807) is 37.4 Å². The molecular weight excluding hydrogens is 441 g/mol. The van der Waals surface area contributed by atoms with Gasteiger partial charge in [-0.25, -0.2) is 9.50 Å². The number of rotatable bonds is 3. The van der Waals surface area contributed by atoms with Crippen LogP contribution in [0.3, 0.4) is 0 Å². The zero-order valence-corrected chi connectivity index (χ0v) is 14.9. The van der Waals surface area contributed by atoms with Crippen LogP contribution >= 0.6 is 34.2 Å². The molecule has 2 aromatic heterocycles. The average Bonchev–Trinajstić information content (AvgIpc) is 2.90. The first-order chi connectivity index (χ1) is 10.4. The smallest absolute Gasteiger partial charge is 0.274 e. The minimum absolute atomic E-state index is 0.217. The normalized spacial score (nSPS) is 11.8. The van der Waals surface area contributed by atoms with E-state index in [2.05, 4.69) is 19.8 Å². The standard InChI is InChI=1S/C12H9ClIN5O2S/c1-7-5-6-15-11-16-12(17-19(7)11)22(20,21)18-10-8(13)3-2-4-9(10)14/h2-6,18H,1H3. The fourth-order valence-corrected chi connectivity index (χ4v) is 4.00. The van der Waals surface area contributed by atoms with E-state index in [0.29, 0.717) is 14.3 Å². The molecule has 1 N–H and O–H groups in total. The Morgan fingerprint density at radius 3 is 2.77 bits per heavy atom. The van der Waals surface area contributed by atoms with E-state index in [9.17, 15) is 8.42 Å². The lowest BCUT2D eigenvalue weighted by Gasteiger charge is -2.08. The lowest BCUT2D eigenvalue weighted by molar-refractivity contribution is 0.592. The van der Waals surface area contributed by atoms with Gasteiger partial charge in [-0.15, -0.1) is 5.10 Å². The van der Waals surface area contributed by atoms with Crippen LogP contribution in [0.25, 0.3) is 5.78 Å². The number of nitrogens with zero attached hydrogens (tertiary/aromatic N) is 4. The van der Waals surface area contributed by atoms with Gasteiger partial charge in [-0.2, -0.15) is 13.4 Å². The number of halogens is 2. The summed E-state index contributed by atoms with van der Waals surface area (Å²) in [6.07, 6.45) is 1.54. The Morgan fingerprint density at radius 1 is 1.32 bits per heavy atom. The highest BCUT2D eigenvalue weighted by molar-refractivity contribution is 14.1. The van der Waals surface area contributed by atoms with E-state index in [1.165, 1.54) is 4.52 Å². The van der Waals surface area contributed by atoms with Crippen LogP contribution in [-0.2, 0) is 10.0 Å². The highest BCUT2D eigenvalue weighted by atomic mass is 127. The molecule has 0 aliphatic rings. The Morgan fingerprint density at radius 2 is 2.09 bits per heavy atom. The lowest BCUT2D eigenvalue weighted by atomic mass is 10.3. The Hall–Kier alpha value is -1.46. The van der Waals surface area contributed by atoms with Crippen LogP contribution in [0.4, 0.5) is 5.69 Å². The van der Waals surface area contributed by atoms with Crippen molar-refractivity contribution in [1.82, 2.24) is 19.6 Å². The van der Waals surface area contributed by atoms with Crippen molar-refractivity contribution in [3.63, 3.8) is 0 Å². The van der Waals surface area contributed by atoms with E-state index in [-0.39, 0.29) is 10.9 Å². The van der Waals surface area contributed by atoms with Crippen molar-refractivity contribution < 1.29 is 8.42 Å². The predicted molar refractivity (Wildman–Crippen MR) is 90.5 cm³/mol. The zero-order chi connectivity index (χ0) is 15.9. The number of aryl methyl sites for hydroxylation is 1. The maximum atomic E-state index is 12.4. The molecule has 0 fully saturated rings. The van der Waals surface area contributed by atoms with Crippen LogP contribution in [0.2, 0.25) is 5.02 Å². The topological polar surface area (TPSA) is 89.2 Å². The second kappa shape index (κ2) is 5.63. The summed E-state index contributed by atoms with van der Waals surface area (Å²) in [6.45, 7) is 1.78. The molecule has 3 aromatic rings. The molecule has 2 heterocycles. The first-order valence-corrected chi connectivity index (χ1v) is 8.98. The van der Waals surface area contributed by atoms with Crippen molar-refractivity contribution in [2.45, 2.75) is 12.1 Å².